The van der Waals surface area contributed by atoms with Gasteiger partial charge in [-0.2, -0.15) is 0 Å². The maximum atomic E-state index is 5.94. The number of hydrogen-bond acceptors (Lipinski definition) is 5. The summed E-state index contributed by atoms with van der Waals surface area (Å²) in [5, 5.41) is 8.83. The van der Waals surface area contributed by atoms with E-state index in [1.54, 1.807) is 0 Å². The zero-order valence-corrected chi connectivity index (χ0v) is 16.1. The fourth-order valence-electron chi connectivity index (χ4n) is 4.20. The van der Waals surface area contributed by atoms with Gasteiger partial charge in [0.05, 0.1) is 5.69 Å². The fourth-order valence-corrected chi connectivity index (χ4v) is 4.20. The molecule has 0 unspecified atom stereocenters. The second kappa shape index (κ2) is 7.15. The van der Waals surface area contributed by atoms with Crippen molar-refractivity contribution >= 4 is 17.2 Å². The Balaban J connectivity index is 1.29. The Hall–Kier alpha value is -3.08. The number of anilines is 3. The maximum Gasteiger partial charge on any atom is 0.263 e. The van der Waals surface area contributed by atoms with Crippen LogP contribution in [0.2, 0.25) is 0 Å². The van der Waals surface area contributed by atoms with E-state index in [0.29, 0.717) is 5.88 Å². The van der Waals surface area contributed by atoms with Gasteiger partial charge in [0.1, 0.15) is 5.69 Å². The third-order valence-electron chi connectivity index (χ3n) is 5.83. The van der Waals surface area contributed by atoms with Crippen LogP contribution in [0.3, 0.4) is 0 Å². The first-order valence-corrected chi connectivity index (χ1v) is 9.95. The Labute approximate surface area is 165 Å². The Morgan fingerprint density at radius 1 is 0.929 bits per heavy atom. The van der Waals surface area contributed by atoms with Gasteiger partial charge in [0.2, 0.25) is 0 Å². The first-order valence-electron chi connectivity index (χ1n) is 9.95. The van der Waals surface area contributed by atoms with Gasteiger partial charge in [-0.05, 0) is 42.9 Å². The van der Waals surface area contributed by atoms with Crippen LogP contribution in [0.4, 0.5) is 17.2 Å². The lowest BCUT2D eigenvalue weighted by Gasteiger charge is -2.34. The lowest BCUT2D eigenvalue weighted by molar-refractivity contribution is 0.400. The Morgan fingerprint density at radius 2 is 1.68 bits per heavy atom. The van der Waals surface area contributed by atoms with E-state index >= 15 is 0 Å². The molecule has 142 valence electrons. The molecule has 0 N–H and O–H groups in total. The smallest absolute Gasteiger partial charge is 0.263 e. The summed E-state index contributed by atoms with van der Waals surface area (Å²) in [7, 11) is 2.05. The van der Waals surface area contributed by atoms with Gasteiger partial charge in [0.15, 0.2) is 11.6 Å². The van der Waals surface area contributed by atoms with Crippen LogP contribution in [-0.4, -0.2) is 30.3 Å². The summed E-state index contributed by atoms with van der Waals surface area (Å²) < 4.78 is 5.94. The van der Waals surface area contributed by atoms with Gasteiger partial charge in [-0.3, -0.25) is 0 Å². The molecule has 0 amide bonds. The normalized spacial score (nSPS) is 16.3. The monoisotopic (exact) mass is 372 g/mol. The van der Waals surface area contributed by atoms with E-state index in [1.807, 2.05) is 18.2 Å². The third kappa shape index (κ3) is 3.17. The molecule has 2 aromatic carbocycles. The number of fused-ring (bicyclic) bond motifs is 2. The predicted molar refractivity (Wildman–Crippen MR) is 112 cm³/mol. The Bertz CT molecular complexity index is 967. The van der Waals surface area contributed by atoms with Gasteiger partial charge >= 0.3 is 0 Å². The van der Waals surface area contributed by atoms with Crippen LogP contribution in [0, 0.1) is 5.92 Å². The van der Waals surface area contributed by atoms with E-state index in [9.17, 15) is 0 Å². The zero-order chi connectivity index (χ0) is 18.9. The van der Waals surface area contributed by atoms with Crippen molar-refractivity contribution in [3.63, 3.8) is 0 Å². The van der Waals surface area contributed by atoms with Crippen molar-refractivity contribution in [2.45, 2.75) is 19.3 Å². The van der Waals surface area contributed by atoms with Gasteiger partial charge in [0, 0.05) is 26.2 Å². The van der Waals surface area contributed by atoms with Crippen molar-refractivity contribution in [1.82, 2.24) is 10.2 Å². The molecule has 2 aliphatic rings. The molecule has 0 saturated carbocycles. The van der Waals surface area contributed by atoms with E-state index in [4.69, 9.17) is 4.74 Å². The highest BCUT2D eigenvalue weighted by Gasteiger charge is 2.26. The van der Waals surface area contributed by atoms with Gasteiger partial charge in [0.25, 0.3) is 5.88 Å². The van der Waals surface area contributed by atoms with E-state index in [1.165, 1.54) is 18.4 Å². The van der Waals surface area contributed by atoms with Crippen molar-refractivity contribution in [2.75, 3.05) is 29.9 Å². The first-order chi connectivity index (χ1) is 13.8. The van der Waals surface area contributed by atoms with E-state index in [0.717, 1.165) is 48.4 Å². The largest absolute Gasteiger partial charge is 0.434 e. The Kier molecular flexibility index (Phi) is 4.35. The van der Waals surface area contributed by atoms with Crippen molar-refractivity contribution in [2.24, 2.45) is 5.92 Å². The van der Waals surface area contributed by atoms with Gasteiger partial charge in [-0.15, -0.1) is 10.2 Å². The third-order valence-corrected chi connectivity index (χ3v) is 5.83. The highest BCUT2D eigenvalue weighted by atomic mass is 16.5. The summed E-state index contributed by atoms with van der Waals surface area (Å²) in [5.41, 5.74) is 3.46. The number of nitrogens with zero attached hydrogens (tertiary/aromatic N) is 4. The van der Waals surface area contributed by atoms with Crippen LogP contribution >= 0.6 is 0 Å². The lowest BCUT2D eigenvalue weighted by Crippen LogP contribution is -2.35. The van der Waals surface area contributed by atoms with Crippen molar-refractivity contribution in [3.8, 4) is 11.6 Å². The number of piperidine rings is 1. The van der Waals surface area contributed by atoms with E-state index in [-0.39, 0.29) is 0 Å². The molecule has 1 saturated heterocycles. The standard InChI is InChI=1S/C23H24N4O/c1-26-19-9-5-6-10-21(19)28-23-20(26)16-22(24-25-23)27-13-11-18(12-14-27)15-17-7-3-2-4-8-17/h2-10,16,18H,11-15H2,1H3. The number of rotatable bonds is 3. The number of benzene rings is 2. The maximum absolute atomic E-state index is 5.94. The molecular weight excluding hydrogens is 348 g/mol. The summed E-state index contributed by atoms with van der Waals surface area (Å²) in [6, 6.07) is 20.9. The number of ether oxygens (including phenoxy) is 1. The van der Waals surface area contributed by atoms with E-state index in [2.05, 4.69) is 69.5 Å². The van der Waals surface area contributed by atoms with Crippen LogP contribution in [0.25, 0.3) is 0 Å². The van der Waals surface area contributed by atoms with Crippen molar-refractivity contribution in [3.05, 3.63) is 66.2 Å². The SMILES string of the molecule is CN1c2ccccc2Oc2nnc(N3CCC(Cc4ccccc4)CC3)cc21. The molecule has 2 aliphatic heterocycles. The number of aromatic nitrogens is 2. The molecule has 1 aromatic heterocycles. The predicted octanol–water partition coefficient (Wildman–Crippen LogP) is 4.81. The average Bonchev–Trinajstić information content (AvgIpc) is 2.75. The molecule has 3 heterocycles. The lowest BCUT2D eigenvalue weighted by atomic mass is 9.90. The molecule has 0 bridgehead atoms. The molecular formula is C23H24N4O. The quantitative estimate of drug-likeness (QED) is 0.660. The van der Waals surface area contributed by atoms with Crippen LogP contribution in [0.15, 0.2) is 60.7 Å². The summed E-state index contributed by atoms with van der Waals surface area (Å²) in [6.45, 7) is 2.04. The summed E-state index contributed by atoms with van der Waals surface area (Å²) in [5.74, 6) is 3.07. The fraction of sp³-hybridized carbons (Fsp3) is 0.304. The molecule has 1 fully saturated rings. The van der Waals surface area contributed by atoms with Crippen LogP contribution in [-0.2, 0) is 6.42 Å². The molecule has 0 radical (unpaired) electrons. The van der Waals surface area contributed by atoms with Crippen LogP contribution in [0.1, 0.15) is 18.4 Å². The molecule has 5 nitrogen and oxygen atoms in total. The highest BCUT2D eigenvalue weighted by molar-refractivity contribution is 5.77. The molecule has 3 aromatic rings. The van der Waals surface area contributed by atoms with Crippen LogP contribution in [0.5, 0.6) is 11.6 Å². The molecule has 28 heavy (non-hydrogen) atoms. The van der Waals surface area contributed by atoms with Crippen LogP contribution < -0.4 is 14.5 Å². The molecule has 0 aliphatic carbocycles. The zero-order valence-electron chi connectivity index (χ0n) is 16.1. The van der Waals surface area contributed by atoms with Gasteiger partial charge in [-0.25, -0.2) is 0 Å². The summed E-state index contributed by atoms with van der Waals surface area (Å²) in [6.07, 6.45) is 3.53. The summed E-state index contributed by atoms with van der Waals surface area (Å²) >= 11 is 0. The number of hydrogen-bond donors (Lipinski definition) is 0. The minimum absolute atomic E-state index is 0.573. The molecule has 5 rings (SSSR count). The second-order valence-electron chi connectivity index (χ2n) is 7.64. The molecule has 5 heteroatoms. The topological polar surface area (TPSA) is 41.5 Å². The van der Waals surface area contributed by atoms with Crippen molar-refractivity contribution in [1.29, 1.82) is 0 Å². The average molecular weight is 372 g/mol. The molecule has 0 spiro atoms. The second-order valence-corrected chi connectivity index (χ2v) is 7.64. The summed E-state index contributed by atoms with van der Waals surface area (Å²) in [4.78, 5) is 4.48. The van der Waals surface area contributed by atoms with Gasteiger partial charge in [-0.1, -0.05) is 42.5 Å². The Morgan fingerprint density at radius 3 is 2.50 bits per heavy atom. The van der Waals surface area contributed by atoms with Gasteiger partial charge < -0.3 is 14.5 Å². The minimum atomic E-state index is 0.573. The molecule has 0 atom stereocenters. The minimum Gasteiger partial charge on any atom is -0.434 e. The highest BCUT2D eigenvalue weighted by Crippen LogP contribution is 2.45. The van der Waals surface area contributed by atoms with Crippen molar-refractivity contribution < 1.29 is 4.74 Å². The number of para-hydroxylation sites is 2. The van der Waals surface area contributed by atoms with E-state index < -0.39 is 0 Å². The first kappa shape index (κ1) is 17.0.